The van der Waals surface area contributed by atoms with E-state index in [1.807, 2.05) is 0 Å². The standard InChI is InChI=1S/C15H12F3N3O2/c16-15(17,18)23-11-3-4-13-10(8-11)2-1-7-21(13)14(22)12-9-19-5-6-20-12/h3-6,8-9H,1-2,7H2. The molecule has 0 unspecified atom stereocenters. The van der Waals surface area contributed by atoms with Crippen molar-refractivity contribution in [3.05, 3.63) is 48.0 Å². The molecule has 0 atom stereocenters. The second kappa shape index (κ2) is 5.86. The summed E-state index contributed by atoms with van der Waals surface area (Å²) in [5.41, 5.74) is 1.40. The first kappa shape index (κ1) is 15.3. The van der Waals surface area contributed by atoms with Crippen LogP contribution in [0.5, 0.6) is 5.75 Å². The van der Waals surface area contributed by atoms with Gasteiger partial charge in [-0.05, 0) is 36.6 Å². The largest absolute Gasteiger partial charge is 0.573 e. The second-order valence-electron chi connectivity index (χ2n) is 4.99. The number of hydrogen-bond donors (Lipinski definition) is 0. The van der Waals surface area contributed by atoms with Gasteiger partial charge in [0.1, 0.15) is 11.4 Å². The molecule has 1 amide bonds. The highest BCUT2D eigenvalue weighted by atomic mass is 19.4. The minimum atomic E-state index is -4.74. The summed E-state index contributed by atoms with van der Waals surface area (Å²) < 4.78 is 40.8. The Labute approximate surface area is 129 Å². The van der Waals surface area contributed by atoms with Gasteiger partial charge in [0.05, 0.1) is 6.20 Å². The molecular weight excluding hydrogens is 311 g/mol. The van der Waals surface area contributed by atoms with Crippen molar-refractivity contribution in [1.29, 1.82) is 0 Å². The van der Waals surface area contributed by atoms with Gasteiger partial charge in [-0.2, -0.15) is 0 Å². The third-order valence-electron chi connectivity index (χ3n) is 3.43. The van der Waals surface area contributed by atoms with Crippen molar-refractivity contribution in [2.24, 2.45) is 0 Å². The van der Waals surface area contributed by atoms with E-state index in [-0.39, 0.29) is 17.4 Å². The molecule has 2 aromatic rings. The van der Waals surface area contributed by atoms with Crippen LogP contribution in [0, 0.1) is 0 Å². The van der Waals surface area contributed by atoms with E-state index < -0.39 is 6.36 Å². The molecule has 120 valence electrons. The summed E-state index contributed by atoms with van der Waals surface area (Å²) in [6.45, 7) is 0.474. The highest BCUT2D eigenvalue weighted by molar-refractivity contribution is 6.05. The lowest BCUT2D eigenvalue weighted by Gasteiger charge is -2.29. The topological polar surface area (TPSA) is 55.3 Å². The maximum absolute atomic E-state index is 12.5. The Hall–Kier alpha value is -2.64. The number of fused-ring (bicyclic) bond motifs is 1. The number of benzene rings is 1. The summed E-state index contributed by atoms with van der Waals surface area (Å²) in [5, 5.41) is 0. The van der Waals surface area contributed by atoms with Crippen molar-refractivity contribution in [3.8, 4) is 5.75 Å². The molecule has 5 nitrogen and oxygen atoms in total. The van der Waals surface area contributed by atoms with Gasteiger partial charge in [0, 0.05) is 24.6 Å². The van der Waals surface area contributed by atoms with E-state index in [9.17, 15) is 18.0 Å². The molecule has 0 bridgehead atoms. The zero-order valence-electron chi connectivity index (χ0n) is 11.9. The molecule has 2 heterocycles. The third-order valence-corrected chi connectivity index (χ3v) is 3.43. The lowest BCUT2D eigenvalue weighted by Crippen LogP contribution is -2.36. The van der Waals surface area contributed by atoms with E-state index in [2.05, 4.69) is 14.7 Å². The zero-order chi connectivity index (χ0) is 16.4. The van der Waals surface area contributed by atoms with Gasteiger partial charge in [0.25, 0.3) is 5.91 Å². The Kier molecular flexibility index (Phi) is 3.89. The molecule has 0 radical (unpaired) electrons. The molecule has 3 rings (SSSR count). The third kappa shape index (κ3) is 3.41. The molecule has 0 N–H and O–H groups in total. The van der Waals surface area contributed by atoms with Crippen LogP contribution in [-0.2, 0) is 6.42 Å². The molecule has 8 heteroatoms. The lowest BCUT2D eigenvalue weighted by molar-refractivity contribution is -0.274. The highest BCUT2D eigenvalue weighted by Crippen LogP contribution is 2.33. The van der Waals surface area contributed by atoms with E-state index in [1.165, 1.54) is 41.7 Å². The number of amides is 1. The molecule has 0 saturated carbocycles. The first-order chi connectivity index (χ1) is 10.9. The van der Waals surface area contributed by atoms with Gasteiger partial charge in [0.2, 0.25) is 0 Å². The van der Waals surface area contributed by atoms with Crippen molar-refractivity contribution < 1.29 is 22.7 Å². The number of aryl methyl sites for hydroxylation is 1. The number of aromatic nitrogens is 2. The van der Waals surface area contributed by atoms with Crippen molar-refractivity contribution in [1.82, 2.24) is 9.97 Å². The van der Waals surface area contributed by atoms with Crippen molar-refractivity contribution in [2.45, 2.75) is 19.2 Å². The first-order valence-corrected chi connectivity index (χ1v) is 6.90. The van der Waals surface area contributed by atoms with E-state index in [1.54, 1.807) is 0 Å². The van der Waals surface area contributed by atoms with Crippen LogP contribution < -0.4 is 9.64 Å². The number of carbonyl (C=O) groups excluding carboxylic acids is 1. The van der Waals surface area contributed by atoms with Crippen LogP contribution in [0.2, 0.25) is 0 Å². The molecule has 0 saturated heterocycles. The van der Waals surface area contributed by atoms with Crippen LogP contribution in [-0.4, -0.2) is 28.8 Å². The van der Waals surface area contributed by atoms with Crippen LogP contribution in [0.4, 0.5) is 18.9 Å². The molecule has 23 heavy (non-hydrogen) atoms. The Morgan fingerprint density at radius 2 is 2.09 bits per heavy atom. The quantitative estimate of drug-likeness (QED) is 0.852. The SMILES string of the molecule is O=C(c1cnccn1)N1CCCc2cc(OC(F)(F)F)ccc21. The predicted molar refractivity (Wildman–Crippen MR) is 75.2 cm³/mol. The Morgan fingerprint density at radius 3 is 2.78 bits per heavy atom. The highest BCUT2D eigenvalue weighted by Gasteiger charge is 2.32. The van der Waals surface area contributed by atoms with Crippen LogP contribution in [0.3, 0.4) is 0 Å². The Balaban J connectivity index is 1.89. The molecule has 0 fully saturated rings. The first-order valence-electron chi connectivity index (χ1n) is 6.90. The van der Waals surface area contributed by atoms with E-state index in [4.69, 9.17) is 0 Å². The Bertz CT molecular complexity index is 720. The van der Waals surface area contributed by atoms with Gasteiger partial charge in [0.15, 0.2) is 0 Å². The van der Waals surface area contributed by atoms with Crippen LogP contribution in [0.15, 0.2) is 36.8 Å². The van der Waals surface area contributed by atoms with Gasteiger partial charge in [-0.3, -0.25) is 9.78 Å². The zero-order valence-corrected chi connectivity index (χ0v) is 11.9. The fourth-order valence-electron chi connectivity index (χ4n) is 2.53. The number of alkyl halides is 3. The van der Waals surface area contributed by atoms with E-state index >= 15 is 0 Å². The summed E-state index contributed by atoms with van der Waals surface area (Å²) in [6, 6.07) is 3.98. The van der Waals surface area contributed by atoms with Gasteiger partial charge in [-0.15, -0.1) is 13.2 Å². The maximum atomic E-state index is 12.5. The second-order valence-corrected chi connectivity index (χ2v) is 4.99. The Morgan fingerprint density at radius 1 is 1.26 bits per heavy atom. The van der Waals surface area contributed by atoms with E-state index in [0.29, 0.717) is 30.6 Å². The minimum absolute atomic E-state index is 0.191. The van der Waals surface area contributed by atoms with Crippen LogP contribution in [0.1, 0.15) is 22.5 Å². The fraction of sp³-hybridized carbons (Fsp3) is 0.267. The predicted octanol–water partition coefficient (Wildman–Crippen LogP) is 2.97. The summed E-state index contributed by atoms with van der Waals surface area (Å²) in [5.74, 6) is -0.617. The number of anilines is 1. The monoisotopic (exact) mass is 323 g/mol. The summed E-state index contributed by atoms with van der Waals surface area (Å²) in [7, 11) is 0. The normalized spacial score (nSPS) is 14.3. The molecular formula is C15H12F3N3O2. The average molecular weight is 323 g/mol. The maximum Gasteiger partial charge on any atom is 0.573 e. The summed E-state index contributed by atoms with van der Waals surface area (Å²) in [4.78, 5) is 21.8. The number of rotatable bonds is 2. The number of hydrogen-bond acceptors (Lipinski definition) is 4. The minimum Gasteiger partial charge on any atom is -0.406 e. The summed E-state index contributed by atoms with van der Waals surface area (Å²) in [6.07, 6.45) is 0.721. The van der Waals surface area contributed by atoms with Crippen molar-refractivity contribution in [2.75, 3.05) is 11.4 Å². The number of nitrogens with zero attached hydrogens (tertiary/aromatic N) is 3. The lowest BCUT2D eigenvalue weighted by atomic mass is 10.0. The van der Waals surface area contributed by atoms with Crippen molar-refractivity contribution in [3.63, 3.8) is 0 Å². The van der Waals surface area contributed by atoms with Gasteiger partial charge in [-0.25, -0.2) is 4.98 Å². The van der Waals surface area contributed by atoms with Crippen LogP contribution in [0.25, 0.3) is 0 Å². The van der Waals surface area contributed by atoms with Gasteiger partial charge >= 0.3 is 6.36 Å². The molecule has 1 aliphatic heterocycles. The molecule has 1 aromatic heterocycles. The summed E-state index contributed by atoms with van der Waals surface area (Å²) >= 11 is 0. The number of ether oxygens (including phenoxy) is 1. The van der Waals surface area contributed by atoms with Gasteiger partial charge < -0.3 is 9.64 Å². The molecule has 1 aliphatic rings. The molecule has 0 aliphatic carbocycles. The number of carbonyl (C=O) groups is 1. The number of halogens is 3. The molecule has 0 spiro atoms. The fourth-order valence-corrected chi connectivity index (χ4v) is 2.53. The van der Waals surface area contributed by atoms with E-state index in [0.717, 1.165) is 0 Å². The van der Waals surface area contributed by atoms with Crippen molar-refractivity contribution >= 4 is 11.6 Å². The average Bonchev–Trinajstić information content (AvgIpc) is 2.52. The van der Waals surface area contributed by atoms with Gasteiger partial charge in [-0.1, -0.05) is 0 Å². The molecule has 1 aromatic carbocycles. The van der Waals surface area contributed by atoms with Crippen LogP contribution >= 0.6 is 0 Å². The smallest absolute Gasteiger partial charge is 0.406 e.